The molecule has 0 saturated carbocycles. The van der Waals surface area contributed by atoms with Gasteiger partial charge in [0.2, 0.25) is 0 Å². The highest BCUT2D eigenvalue weighted by atomic mass is 16.1. The Morgan fingerprint density at radius 1 is 1.50 bits per heavy atom. The first-order valence-electron chi connectivity index (χ1n) is 4.65. The van der Waals surface area contributed by atoms with Crippen molar-refractivity contribution in [1.29, 1.82) is 0 Å². The van der Waals surface area contributed by atoms with E-state index in [-0.39, 0.29) is 0 Å². The van der Waals surface area contributed by atoms with E-state index in [1.807, 2.05) is 29.8 Å². The van der Waals surface area contributed by atoms with Crippen molar-refractivity contribution in [3.05, 3.63) is 30.1 Å². The predicted octanol–water partition coefficient (Wildman–Crippen LogP) is 1.70. The Morgan fingerprint density at radius 2 is 2.36 bits per heavy atom. The number of hydrogen-bond donors (Lipinski definition) is 0. The van der Waals surface area contributed by atoms with E-state index in [9.17, 15) is 4.79 Å². The van der Waals surface area contributed by atoms with Crippen LogP contribution in [0.15, 0.2) is 24.5 Å². The van der Waals surface area contributed by atoms with Crippen molar-refractivity contribution in [3.8, 4) is 0 Å². The molecule has 1 aromatic carbocycles. The minimum atomic E-state index is 0.565. The van der Waals surface area contributed by atoms with Gasteiger partial charge in [0, 0.05) is 13.5 Å². The van der Waals surface area contributed by atoms with E-state index < -0.39 is 0 Å². The van der Waals surface area contributed by atoms with Crippen LogP contribution in [0.4, 0.5) is 0 Å². The van der Waals surface area contributed by atoms with Crippen molar-refractivity contribution in [2.75, 3.05) is 0 Å². The smallest absolute Gasteiger partial charge is 0.120 e. The standard InChI is InChI=1S/C11H12N2O/c1-13-8-12-11-9(5-3-7-14)4-2-6-10(11)13/h2,4,6-8H,3,5H2,1H3. The van der Waals surface area contributed by atoms with Gasteiger partial charge in [-0.1, -0.05) is 12.1 Å². The van der Waals surface area contributed by atoms with Gasteiger partial charge in [-0.15, -0.1) is 0 Å². The monoisotopic (exact) mass is 188 g/mol. The molecular weight excluding hydrogens is 176 g/mol. The molecule has 0 radical (unpaired) electrons. The molecule has 3 nitrogen and oxygen atoms in total. The summed E-state index contributed by atoms with van der Waals surface area (Å²) in [5.74, 6) is 0. The van der Waals surface area contributed by atoms with Gasteiger partial charge in [0.1, 0.15) is 6.29 Å². The number of nitrogens with zero attached hydrogens (tertiary/aromatic N) is 2. The van der Waals surface area contributed by atoms with Crippen LogP contribution in [0.5, 0.6) is 0 Å². The molecule has 0 spiro atoms. The first-order valence-corrected chi connectivity index (χ1v) is 4.65. The third kappa shape index (κ3) is 1.41. The summed E-state index contributed by atoms with van der Waals surface area (Å²) < 4.78 is 1.99. The molecule has 72 valence electrons. The van der Waals surface area contributed by atoms with Crippen molar-refractivity contribution >= 4 is 17.3 Å². The summed E-state index contributed by atoms with van der Waals surface area (Å²) in [5.41, 5.74) is 3.28. The van der Waals surface area contributed by atoms with E-state index in [4.69, 9.17) is 0 Å². The maximum Gasteiger partial charge on any atom is 0.120 e. The summed E-state index contributed by atoms with van der Waals surface area (Å²) in [6, 6.07) is 6.07. The average Bonchev–Trinajstić information content (AvgIpc) is 2.58. The van der Waals surface area contributed by atoms with E-state index in [2.05, 4.69) is 4.98 Å². The van der Waals surface area contributed by atoms with Crippen LogP contribution in [0.2, 0.25) is 0 Å². The van der Waals surface area contributed by atoms with Crippen LogP contribution in [0.1, 0.15) is 12.0 Å². The second kappa shape index (κ2) is 3.62. The fourth-order valence-corrected chi connectivity index (χ4v) is 1.63. The molecule has 0 amide bonds. The molecule has 0 fully saturated rings. The summed E-state index contributed by atoms with van der Waals surface area (Å²) in [4.78, 5) is 14.6. The minimum Gasteiger partial charge on any atom is -0.334 e. The second-order valence-electron chi connectivity index (χ2n) is 3.35. The summed E-state index contributed by atoms with van der Waals surface area (Å²) in [5, 5.41) is 0. The zero-order valence-corrected chi connectivity index (χ0v) is 8.10. The lowest BCUT2D eigenvalue weighted by Crippen LogP contribution is -1.89. The Morgan fingerprint density at radius 3 is 3.14 bits per heavy atom. The number of imidazole rings is 1. The molecule has 0 unspecified atom stereocenters. The number of aryl methyl sites for hydroxylation is 2. The van der Waals surface area contributed by atoms with Gasteiger partial charge >= 0.3 is 0 Å². The van der Waals surface area contributed by atoms with Gasteiger partial charge in [-0.25, -0.2) is 4.98 Å². The summed E-state index contributed by atoms with van der Waals surface area (Å²) in [6.07, 6.45) is 4.09. The molecule has 1 heterocycles. The maximum atomic E-state index is 10.3. The molecule has 0 N–H and O–H groups in total. The third-order valence-corrected chi connectivity index (χ3v) is 2.37. The molecular formula is C11H12N2O. The van der Waals surface area contributed by atoms with Gasteiger partial charge in [-0.2, -0.15) is 0 Å². The molecule has 0 bridgehead atoms. The number of aldehydes is 1. The molecule has 0 aliphatic heterocycles. The Balaban J connectivity index is 2.48. The SMILES string of the molecule is Cn1cnc2c(CCC=O)cccc21. The molecule has 0 aliphatic carbocycles. The summed E-state index contributed by atoms with van der Waals surface area (Å²) >= 11 is 0. The lowest BCUT2D eigenvalue weighted by atomic mass is 10.1. The summed E-state index contributed by atoms with van der Waals surface area (Å²) in [7, 11) is 1.97. The van der Waals surface area contributed by atoms with Gasteiger partial charge in [-0.3, -0.25) is 0 Å². The largest absolute Gasteiger partial charge is 0.334 e. The van der Waals surface area contributed by atoms with Gasteiger partial charge < -0.3 is 9.36 Å². The van der Waals surface area contributed by atoms with Crippen LogP contribution >= 0.6 is 0 Å². The van der Waals surface area contributed by atoms with E-state index in [0.29, 0.717) is 6.42 Å². The van der Waals surface area contributed by atoms with Crippen molar-refractivity contribution in [2.45, 2.75) is 12.8 Å². The van der Waals surface area contributed by atoms with E-state index in [0.717, 1.165) is 29.3 Å². The highest BCUT2D eigenvalue weighted by Crippen LogP contribution is 2.17. The molecule has 3 heteroatoms. The normalized spacial score (nSPS) is 10.6. The van der Waals surface area contributed by atoms with Crippen LogP contribution < -0.4 is 0 Å². The number of rotatable bonds is 3. The Bertz CT molecular complexity index is 459. The van der Waals surface area contributed by atoms with Crippen molar-refractivity contribution < 1.29 is 4.79 Å². The van der Waals surface area contributed by atoms with E-state index in [1.165, 1.54) is 0 Å². The Labute approximate surface area is 82.4 Å². The van der Waals surface area contributed by atoms with Crippen LogP contribution in [0.25, 0.3) is 11.0 Å². The molecule has 0 aliphatic rings. The van der Waals surface area contributed by atoms with E-state index in [1.54, 1.807) is 6.33 Å². The number of carbonyl (C=O) groups excluding carboxylic acids is 1. The highest BCUT2D eigenvalue weighted by molar-refractivity contribution is 5.79. The van der Waals surface area contributed by atoms with Crippen molar-refractivity contribution in [2.24, 2.45) is 7.05 Å². The fourth-order valence-electron chi connectivity index (χ4n) is 1.63. The molecule has 1 aromatic heterocycles. The number of aromatic nitrogens is 2. The highest BCUT2D eigenvalue weighted by Gasteiger charge is 2.04. The number of hydrogen-bond acceptors (Lipinski definition) is 2. The number of carbonyl (C=O) groups is 1. The first kappa shape index (κ1) is 8.94. The molecule has 2 aromatic rings. The maximum absolute atomic E-state index is 10.3. The molecule has 0 atom stereocenters. The Kier molecular flexibility index (Phi) is 2.31. The van der Waals surface area contributed by atoms with Gasteiger partial charge in [0.15, 0.2) is 0 Å². The lowest BCUT2D eigenvalue weighted by Gasteiger charge is -1.99. The van der Waals surface area contributed by atoms with Gasteiger partial charge in [0.25, 0.3) is 0 Å². The molecule has 0 saturated heterocycles. The lowest BCUT2D eigenvalue weighted by molar-refractivity contribution is -0.107. The van der Waals surface area contributed by atoms with Crippen molar-refractivity contribution in [1.82, 2.24) is 9.55 Å². The van der Waals surface area contributed by atoms with Crippen LogP contribution in [0.3, 0.4) is 0 Å². The minimum absolute atomic E-state index is 0.565. The third-order valence-electron chi connectivity index (χ3n) is 2.37. The van der Waals surface area contributed by atoms with Gasteiger partial charge in [0.05, 0.1) is 17.4 Å². The summed E-state index contributed by atoms with van der Waals surface area (Å²) in [6.45, 7) is 0. The fraction of sp³-hybridized carbons (Fsp3) is 0.273. The van der Waals surface area contributed by atoms with E-state index >= 15 is 0 Å². The Hall–Kier alpha value is -1.64. The molecule has 14 heavy (non-hydrogen) atoms. The second-order valence-corrected chi connectivity index (χ2v) is 3.35. The predicted molar refractivity (Wildman–Crippen MR) is 55.1 cm³/mol. The van der Waals surface area contributed by atoms with Crippen LogP contribution in [-0.2, 0) is 18.3 Å². The van der Waals surface area contributed by atoms with Crippen LogP contribution in [0, 0.1) is 0 Å². The number of para-hydroxylation sites is 1. The van der Waals surface area contributed by atoms with Crippen LogP contribution in [-0.4, -0.2) is 15.8 Å². The quantitative estimate of drug-likeness (QED) is 0.687. The van der Waals surface area contributed by atoms with Crippen molar-refractivity contribution in [3.63, 3.8) is 0 Å². The average molecular weight is 188 g/mol. The zero-order chi connectivity index (χ0) is 9.97. The first-order chi connectivity index (χ1) is 6.83. The van der Waals surface area contributed by atoms with Gasteiger partial charge in [-0.05, 0) is 18.1 Å². The molecule has 2 rings (SSSR count). The number of fused-ring (bicyclic) bond motifs is 1. The topological polar surface area (TPSA) is 34.9 Å². The zero-order valence-electron chi connectivity index (χ0n) is 8.10. The number of benzene rings is 1.